The minimum Gasteiger partial charge on any atom is -0.0619 e. The molecular formula is C25H20. The molecule has 0 nitrogen and oxygen atoms in total. The molecule has 0 aliphatic heterocycles. The summed E-state index contributed by atoms with van der Waals surface area (Å²) in [7, 11) is 0. The fourth-order valence-electron chi connectivity index (χ4n) is 5.47. The van der Waals surface area contributed by atoms with Crippen molar-refractivity contribution in [3.05, 3.63) is 112 Å². The van der Waals surface area contributed by atoms with E-state index >= 15 is 0 Å². The zero-order valence-electron chi connectivity index (χ0n) is 14.6. The SMILES string of the molecule is CC1(C)C2=CC3=CC=C4C=CC=C5C=CC(=C2c2ccccc21)C3C54. The first-order chi connectivity index (χ1) is 12.2. The number of rotatable bonds is 0. The summed E-state index contributed by atoms with van der Waals surface area (Å²) in [6.07, 6.45) is 18.7. The fourth-order valence-corrected chi connectivity index (χ4v) is 5.47. The normalized spacial score (nSPS) is 29.2. The molecule has 0 radical (unpaired) electrons. The Balaban J connectivity index is 1.72. The van der Waals surface area contributed by atoms with E-state index < -0.39 is 0 Å². The Hall–Kier alpha value is -2.60. The maximum absolute atomic E-state index is 2.49. The summed E-state index contributed by atoms with van der Waals surface area (Å²) in [5.74, 6) is 0.966. The van der Waals surface area contributed by atoms with Crippen LogP contribution in [0.1, 0.15) is 25.0 Å². The second-order valence-corrected chi connectivity index (χ2v) is 8.21. The average Bonchev–Trinajstić information content (AvgIpc) is 2.87. The summed E-state index contributed by atoms with van der Waals surface area (Å²) in [6, 6.07) is 8.99. The molecule has 0 heteroatoms. The van der Waals surface area contributed by atoms with Gasteiger partial charge in [-0.2, -0.15) is 0 Å². The molecule has 2 atom stereocenters. The van der Waals surface area contributed by atoms with Crippen molar-refractivity contribution in [2.45, 2.75) is 19.3 Å². The van der Waals surface area contributed by atoms with Crippen LogP contribution in [0.4, 0.5) is 0 Å². The van der Waals surface area contributed by atoms with Crippen LogP contribution in [0.15, 0.2) is 101 Å². The van der Waals surface area contributed by atoms with E-state index in [0.29, 0.717) is 11.8 Å². The second-order valence-electron chi connectivity index (χ2n) is 8.21. The Kier molecular flexibility index (Phi) is 2.36. The van der Waals surface area contributed by atoms with E-state index in [-0.39, 0.29) is 5.41 Å². The number of hydrogen-bond acceptors (Lipinski definition) is 0. The number of allylic oxidation sites excluding steroid dienone is 14. The molecule has 6 rings (SSSR count). The van der Waals surface area contributed by atoms with E-state index in [1.54, 1.807) is 0 Å². The van der Waals surface area contributed by atoms with Gasteiger partial charge >= 0.3 is 0 Å². The van der Waals surface area contributed by atoms with E-state index in [4.69, 9.17) is 0 Å². The van der Waals surface area contributed by atoms with Crippen molar-refractivity contribution in [3.63, 3.8) is 0 Å². The highest BCUT2D eigenvalue weighted by atomic mass is 14.5. The van der Waals surface area contributed by atoms with Gasteiger partial charge in [-0.3, -0.25) is 0 Å². The van der Waals surface area contributed by atoms with Gasteiger partial charge in [0, 0.05) is 17.3 Å². The third kappa shape index (κ3) is 1.54. The summed E-state index contributed by atoms with van der Waals surface area (Å²) in [4.78, 5) is 0. The van der Waals surface area contributed by atoms with Crippen LogP contribution in [0, 0.1) is 11.8 Å². The molecule has 0 amide bonds. The molecular weight excluding hydrogens is 300 g/mol. The van der Waals surface area contributed by atoms with Crippen molar-refractivity contribution >= 4 is 5.57 Å². The second kappa shape index (κ2) is 4.32. The highest BCUT2D eigenvalue weighted by Crippen LogP contribution is 2.59. The minimum absolute atomic E-state index is 0.0746. The Labute approximate surface area is 149 Å². The van der Waals surface area contributed by atoms with Crippen molar-refractivity contribution in [2.24, 2.45) is 11.8 Å². The van der Waals surface area contributed by atoms with Crippen LogP contribution in [0.2, 0.25) is 0 Å². The van der Waals surface area contributed by atoms with Crippen molar-refractivity contribution in [2.75, 3.05) is 0 Å². The first-order valence-corrected chi connectivity index (χ1v) is 9.21. The predicted molar refractivity (Wildman–Crippen MR) is 104 cm³/mol. The quantitative estimate of drug-likeness (QED) is 0.563. The van der Waals surface area contributed by atoms with Gasteiger partial charge in [0.25, 0.3) is 0 Å². The highest BCUT2D eigenvalue weighted by Gasteiger charge is 2.46. The molecule has 0 fully saturated rings. The molecule has 0 bridgehead atoms. The van der Waals surface area contributed by atoms with Gasteiger partial charge in [0.1, 0.15) is 0 Å². The highest BCUT2D eigenvalue weighted by molar-refractivity contribution is 5.95. The smallest absolute Gasteiger partial charge is 0.0205 e. The summed E-state index contributed by atoms with van der Waals surface area (Å²) in [5.41, 5.74) is 11.9. The van der Waals surface area contributed by atoms with Gasteiger partial charge in [-0.15, -0.1) is 0 Å². The van der Waals surface area contributed by atoms with Crippen LogP contribution in [-0.2, 0) is 5.41 Å². The topological polar surface area (TPSA) is 0 Å². The van der Waals surface area contributed by atoms with Gasteiger partial charge in [0.05, 0.1) is 0 Å². The molecule has 1 aromatic carbocycles. The van der Waals surface area contributed by atoms with E-state index in [1.165, 1.54) is 44.6 Å². The van der Waals surface area contributed by atoms with Crippen LogP contribution in [0.3, 0.4) is 0 Å². The van der Waals surface area contributed by atoms with Crippen LogP contribution >= 0.6 is 0 Å². The summed E-state index contributed by atoms with van der Waals surface area (Å²) in [6.45, 7) is 4.74. The Morgan fingerprint density at radius 2 is 1.60 bits per heavy atom. The molecule has 0 saturated heterocycles. The molecule has 0 aromatic heterocycles. The van der Waals surface area contributed by atoms with Crippen LogP contribution in [-0.4, -0.2) is 0 Å². The zero-order chi connectivity index (χ0) is 16.8. The molecule has 25 heavy (non-hydrogen) atoms. The van der Waals surface area contributed by atoms with Crippen molar-refractivity contribution in [3.8, 4) is 0 Å². The molecule has 5 aliphatic rings. The molecule has 0 saturated carbocycles. The van der Waals surface area contributed by atoms with E-state index in [9.17, 15) is 0 Å². The standard InChI is InChI=1S/C25H20/c1-25(2)20-9-4-3-8-18(20)24-19-13-12-16-7-5-6-15-10-11-17(14-21(24)25)23(19)22(15)16/h3-14,22-23H,1-2H3. The molecule has 120 valence electrons. The van der Waals surface area contributed by atoms with E-state index in [0.717, 1.165) is 0 Å². The Morgan fingerprint density at radius 3 is 2.52 bits per heavy atom. The lowest BCUT2D eigenvalue weighted by atomic mass is 9.61. The Morgan fingerprint density at radius 1 is 0.800 bits per heavy atom. The molecule has 5 aliphatic carbocycles. The third-order valence-electron chi connectivity index (χ3n) is 6.66. The fraction of sp³-hybridized carbons (Fsp3) is 0.200. The van der Waals surface area contributed by atoms with Gasteiger partial charge in [-0.1, -0.05) is 86.7 Å². The summed E-state index contributed by atoms with van der Waals surface area (Å²) in [5, 5.41) is 0. The summed E-state index contributed by atoms with van der Waals surface area (Å²) >= 11 is 0. The van der Waals surface area contributed by atoms with Crippen LogP contribution in [0.25, 0.3) is 5.57 Å². The average molecular weight is 320 g/mol. The monoisotopic (exact) mass is 320 g/mol. The van der Waals surface area contributed by atoms with Crippen molar-refractivity contribution < 1.29 is 0 Å². The molecule has 0 spiro atoms. The van der Waals surface area contributed by atoms with Gasteiger partial charge < -0.3 is 0 Å². The van der Waals surface area contributed by atoms with Crippen molar-refractivity contribution in [1.82, 2.24) is 0 Å². The molecule has 0 N–H and O–H groups in total. The molecule has 0 heterocycles. The van der Waals surface area contributed by atoms with Gasteiger partial charge in [-0.25, -0.2) is 0 Å². The lowest BCUT2D eigenvalue weighted by molar-refractivity contribution is 0.559. The Bertz CT molecular complexity index is 1060. The largest absolute Gasteiger partial charge is 0.0619 e. The predicted octanol–water partition coefficient (Wildman–Crippen LogP) is 5.84. The lowest BCUT2D eigenvalue weighted by Gasteiger charge is -2.42. The summed E-state index contributed by atoms with van der Waals surface area (Å²) < 4.78 is 0. The lowest BCUT2D eigenvalue weighted by Crippen LogP contribution is -2.30. The van der Waals surface area contributed by atoms with Gasteiger partial charge in [0.2, 0.25) is 0 Å². The number of fused-ring (bicyclic) bond motifs is 3. The van der Waals surface area contributed by atoms with Gasteiger partial charge in [-0.05, 0) is 44.6 Å². The first kappa shape index (κ1) is 13.7. The first-order valence-electron chi connectivity index (χ1n) is 9.21. The molecule has 1 aromatic rings. The molecule has 2 unspecified atom stereocenters. The van der Waals surface area contributed by atoms with E-state index in [2.05, 4.69) is 86.7 Å². The number of hydrogen-bond donors (Lipinski definition) is 0. The van der Waals surface area contributed by atoms with Gasteiger partial charge in [0.15, 0.2) is 0 Å². The maximum atomic E-state index is 2.49. The maximum Gasteiger partial charge on any atom is 0.0205 e. The van der Waals surface area contributed by atoms with Crippen molar-refractivity contribution in [1.29, 1.82) is 0 Å². The number of benzene rings is 1. The van der Waals surface area contributed by atoms with E-state index in [1.807, 2.05) is 0 Å². The third-order valence-corrected chi connectivity index (χ3v) is 6.66. The minimum atomic E-state index is 0.0746. The zero-order valence-corrected chi connectivity index (χ0v) is 14.6. The van der Waals surface area contributed by atoms with Crippen LogP contribution < -0.4 is 0 Å². The van der Waals surface area contributed by atoms with Crippen LogP contribution in [0.5, 0.6) is 0 Å².